The molecule has 1 saturated heterocycles. The van der Waals surface area contributed by atoms with Crippen LogP contribution in [-0.2, 0) is 17.6 Å². The summed E-state index contributed by atoms with van der Waals surface area (Å²) in [7, 11) is 0. The summed E-state index contributed by atoms with van der Waals surface area (Å²) in [4.78, 5) is 35.2. The maximum Gasteiger partial charge on any atom is 0.254 e. The van der Waals surface area contributed by atoms with Gasteiger partial charge in [-0.15, -0.1) is 0 Å². The second-order valence-corrected chi connectivity index (χ2v) is 8.25. The van der Waals surface area contributed by atoms with Gasteiger partial charge in [0.05, 0.1) is 5.69 Å². The van der Waals surface area contributed by atoms with Gasteiger partial charge < -0.3 is 9.88 Å². The van der Waals surface area contributed by atoms with Gasteiger partial charge in [0, 0.05) is 36.4 Å². The van der Waals surface area contributed by atoms with Crippen LogP contribution in [0, 0.1) is 24.7 Å². The zero-order chi connectivity index (χ0) is 16.4. The molecule has 1 N–H and O–H groups in total. The van der Waals surface area contributed by atoms with Crippen molar-refractivity contribution >= 4 is 5.91 Å². The van der Waals surface area contributed by atoms with Crippen LogP contribution < -0.4 is 5.56 Å². The standard InChI is InChI=1S/C19H25N3O2/c1-10-20-16-9-12-7-6-11(8-15(16)18(23)21-10)22(12)19(24)17-13-4-2-3-5-14(13)17/h11-14,17H,2-9H2,1H3,(H,20,21,23)/t11-,12-,13+,14+/m1/s1. The summed E-state index contributed by atoms with van der Waals surface area (Å²) in [6.07, 6.45) is 8.60. The molecule has 1 aromatic rings. The van der Waals surface area contributed by atoms with Crippen molar-refractivity contribution in [3.8, 4) is 0 Å². The van der Waals surface area contributed by atoms with Crippen LogP contribution in [0.5, 0.6) is 0 Å². The van der Waals surface area contributed by atoms with Gasteiger partial charge in [0.2, 0.25) is 5.91 Å². The monoisotopic (exact) mass is 327 g/mol. The first-order valence-corrected chi connectivity index (χ1v) is 9.54. The van der Waals surface area contributed by atoms with E-state index >= 15 is 0 Å². The Morgan fingerprint density at radius 3 is 2.46 bits per heavy atom. The summed E-state index contributed by atoms with van der Waals surface area (Å²) >= 11 is 0. The number of H-pyrrole nitrogens is 1. The number of amides is 1. The molecule has 2 saturated carbocycles. The molecule has 24 heavy (non-hydrogen) atoms. The van der Waals surface area contributed by atoms with Gasteiger partial charge in [-0.3, -0.25) is 9.59 Å². The number of nitrogens with zero attached hydrogens (tertiary/aromatic N) is 2. The van der Waals surface area contributed by atoms with Gasteiger partial charge in [0.1, 0.15) is 5.82 Å². The predicted molar refractivity (Wildman–Crippen MR) is 89.6 cm³/mol. The third-order valence-corrected chi connectivity index (χ3v) is 6.90. The van der Waals surface area contributed by atoms with Gasteiger partial charge in [0.15, 0.2) is 0 Å². The van der Waals surface area contributed by atoms with Crippen LogP contribution in [-0.4, -0.2) is 32.9 Å². The molecule has 5 rings (SSSR count). The minimum absolute atomic E-state index is 0.00228. The van der Waals surface area contributed by atoms with Gasteiger partial charge in [-0.25, -0.2) is 4.98 Å². The Labute approximate surface area is 141 Å². The molecular formula is C19H25N3O2. The Morgan fingerprint density at radius 2 is 1.75 bits per heavy atom. The lowest BCUT2D eigenvalue weighted by atomic mass is 9.98. The highest BCUT2D eigenvalue weighted by Gasteiger charge is 2.57. The van der Waals surface area contributed by atoms with E-state index in [0.29, 0.717) is 30.0 Å². The Bertz CT molecular complexity index is 743. The first-order valence-electron chi connectivity index (χ1n) is 9.54. The number of hydrogen-bond donors (Lipinski definition) is 1. The van der Waals surface area contributed by atoms with Crippen molar-refractivity contribution < 1.29 is 4.79 Å². The molecule has 0 radical (unpaired) electrons. The Hall–Kier alpha value is -1.65. The number of carbonyl (C=O) groups excluding carboxylic acids is 1. The molecule has 4 aliphatic rings. The molecule has 128 valence electrons. The molecule has 2 aliphatic carbocycles. The molecule has 3 heterocycles. The van der Waals surface area contributed by atoms with Gasteiger partial charge in [0.25, 0.3) is 5.56 Å². The van der Waals surface area contributed by atoms with Gasteiger partial charge >= 0.3 is 0 Å². The molecule has 4 atom stereocenters. The average molecular weight is 327 g/mol. The normalized spacial score (nSPS) is 36.7. The summed E-state index contributed by atoms with van der Waals surface area (Å²) in [6, 6.07) is 0.456. The second-order valence-electron chi connectivity index (χ2n) is 8.25. The van der Waals surface area contributed by atoms with E-state index in [1.54, 1.807) is 0 Å². The third-order valence-electron chi connectivity index (χ3n) is 6.90. The highest BCUT2D eigenvalue weighted by Crippen LogP contribution is 2.57. The van der Waals surface area contributed by atoms with E-state index < -0.39 is 0 Å². The van der Waals surface area contributed by atoms with Crippen LogP contribution >= 0.6 is 0 Å². The average Bonchev–Trinajstić information content (AvgIpc) is 3.18. The molecule has 1 aromatic heterocycles. The summed E-state index contributed by atoms with van der Waals surface area (Å²) in [5, 5.41) is 0. The summed E-state index contributed by atoms with van der Waals surface area (Å²) in [6.45, 7) is 1.84. The fourth-order valence-electron chi connectivity index (χ4n) is 5.76. The molecule has 2 bridgehead atoms. The maximum absolute atomic E-state index is 13.3. The van der Waals surface area contributed by atoms with Crippen LogP contribution in [0.25, 0.3) is 0 Å². The fourth-order valence-corrected chi connectivity index (χ4v) is 5.76. The lowest BCUT2D eigenvalue weighted by Gasteiger charge is -2.28. The molecule has 5 heteroatoms. The molecule has 0 unspecified atom stereocenters. The molecule has 0 aromatic carbocycles. The Balaban J connectivity index is 1.44. The predicted octanol–water partition coefficient (Wildman–Crippen LogP) is 1.97. The zero-order valence-electron chi connectivity index (χ0n) is 14.3. The van der Waals surface area contributed by atoms with E-state index in [-0.39, 0.29) is 23.6 Å². The van der Waals surface area contributed by atoms with E-state index in [0.717, 1.165) is 30.5 Å². The highest BCUT2D eigenvalue weighted by atomic mass is 16.2. The van der Waals surface area contributed by atoms with E-state index in [2.05, 4.69) is 14.9 Å². The van der Waals surface area contributed by atoms with Crippen molar-refractivity contribution in [2.45, 2.75) is 70.4 Å². The van der Waals surface area contributed by atoms with Crippen molar-refractivity contribution in [2.24, 2.45) is 17.8 Å². The van der Waals surface area contributed by atoms with Crippen LogP contribution in [0.2, 0.25) is 0 Å². The smallest absolute Gasteiger partial charge is 0.254 e. The van der Waals surface area contributed by atoms with Crippen molar-refractivity contribution in [3.05, 3.63) is 27.4 Å². The molecule has 0 spiro atoms. The second kappa shape index (κ2) is 5.17. The van der Waals surface area contributed by atoms with Crippen LogP contribution in [0.4, 0.5) is 0 Å². The van der Waals surface area contributed by atoms with Gasteiger partial charge in [-0.2, -0.15) is 0 Å². The Morgan fingerprint density at radius 1 is 1.08 bits per heavy atom. The number of fused-ring (bicyclic) bond motifs is 4. The lowest BCUT2D eigenvalue weighted by molar-refractivity contribution is -0.136. The van der Waals surface area contributed by atoms with Crippen LogP contribution in [0.1, 0.15) is 55.6 Å². The van der Waals surface area contributed by atoms with Crippen LogP contribution in [0.3, 0.4) is 0 Å². The summed E-state index contributed by atoms with van der Waals surface area (Å²) < 4.78 is 0. The van der Waals surface area contributed by atoms with Gasteiger partial charge in [-0.1, -0.05) is 12.8 Å². The van der Waals surface area contributed by atoms with Crippen molar-refractivity contribution in [3.63, 3.8) is 0 Å². The fraction of sp³-hybridized carbons (Fsp3) is 0.737. The topological polar surface area (TPSA) is 66.1 Å². The van der Waals surface area contributed by atoms with Crippen LogP contribution in [0.15, 0.2) is 4.79 Å². The molecule has 5 nitrogen and oxygen atoms in total. The van der Waals surface area contributed by atoms with E-state index in [9.17, 15) is 9.59 Å². The van der Waals surface area contributed by atoms with E-state index in [1.807, 2.05) is 6.92 Å². The first kappa shape index (κ1) is 14.7. The van der Waals surface area contributed by atoms with Gasteiger partial charge in [-0.05, 0) is 44.4 Å². The summed E-state index contributed by atoms with van der Waals surface area (Å²) in [5.74, 6) is 2.66. The Kier molecular flexibility index (Phi) is 3.16. The largest absolute Gasteiger partial charge is 0.336 e. The van der Waals surface area contributed by atoms with E-state index in [4.69, 9.17) is 0 Å². The molecule has 2 aliphatic heterocycles. The van der Waals surface area contributed by atoms with Crippen molar-refractivity contribution in [2.75, 3.05) is 0 Å². The van der Waals surface area contributed by atoms with Crippen molar-refractivity contribution in [1.82, 2.24) is 14.9 Å². The lowest BCUT2D eigenvalue weighted by Crippen LogP contribution is -2.43. The minimum Gasteiger partial charge on any atom is -0.336 e. The number of nitrogens with one attached hydrogen (secondary N) is 1. The number of rotatable bonds is 1. The van der Waals surface area contributed by atoms with E-state index in [1.165, 1.54) is 25.7 Å². The third kappa shape index (κ3) is 2.09. The minimum atomic E-state index is -0.00228. The first-order chi connectivity index (χ1) is 11.6. The maximum atomic E-state index is 13.3. The number of aromatic nitrogens is 2. The summed E-state index contributed by atoms with van der Waals surface area (Å²) in [5.41, 5.74) is 1.74. The quantitative estimate of drug-likeness (QED) is 0.857. The number of aromatic amines is 1. The number of carbonyl (C=O) groups is 1. The van der Waals surface area contributed by atoms with Crippen molar-refractivity contribution in [1.29, 1.82) is 0 Å². The molecular weight excluding hydrogens is 302 g/mol. The number of aryl methyl sites for hydroxylation is 1. The number of hydrogen-bond acceptors (Lipinski definition) is 3. The SMILES string of the molecule is Cc1nc2c(c(=O)[nH]1)C[C@H]1CC[C@H](C2)N1C(=O)C1[C@H]2CCCC[C@H]12. The zero-order valence-corrected chi connectivity index (χ0v) is 14.3. The molecule has 1 amide bonds. The highest BCUT2D eigenvalue weighted by molar-refractivity contribution is 5.83. The molecule has 3 fully saturated rings.